The first-order valence-corrected chi connectivity index (χ1v) is 4.17. The zero-order chi connectivity index (χ0) is 9.97. The summed E-state index contributed by atoms with van der Waals surface area (Å²) in [6.07, 6.45) is 0. The van der Waals surface area contributed by atoms with Gasteiger partial charge >= 0.3 is 6.01 Å². The average Bonchev–Trinajstić information content (AvgIpc) is 2.67. The quantitative estimate of drug-likeness (QED) is 0.551. The number of nitrogen functional groups attached to an aromatic ring is 1. The topological polar surface area (TPSA) is 77.0 Å². The van der Waals surface area contributed by atoms with E-state index in [1.54, 1.807) is 0 Å². The molecular formula is C9H10N4O. The van der Waals surface area contributed by atoms with Crippen molar-refractivity contribution >= 4 is 6.01 Å². The van der Waals surface area contributed by atoms with Crippen LogP contribution in [0.3, 0.4) is 0 Å². The lowest BCUT2D eigenvalue weighted by Gasteiger charge is -1.94. The Bertz CT molecular complexity index is 421. The van der Waals surface area contributed by atoms with Crippen LogP contribution in [0.2, 0.25) is 0 Å². The molecule has 1 heterocycles. The Hall–Kier alpha value is -1.88. The molecule has 0 unspecified atom stereocenters. The lowest BCUT2D eigenvalue weighted by molar-refractivity contribution is 0.432. The molecule has 1 aromatic heterocycles. The second-order valence-corrected chi connectivity index (χ2v) is 2.93. The minimum atomic E-state index is 0.209. The first-order valence-electron chi connectivity index (χ1n) is 4.17. The Kier molecular flexibility index (Phi) is 2.16. The molecule has 0 aliphatic rings. The van der Waals surface area contributed by atoms with Gasteiger partial charge in [-0.3, -0.25) is 5.43 Å². The third kappa shape index (κ3) is 1.57. The molecule has 0 spiro atoms. The number of aryl methyl sites for hydroxylation is 1. The molecule has 0 fully saturated rings. The predicted molar refractivity (Wildman–Crippen MR) is 52.3 cm³/mol. The Morgan fingerprint density at radius 2 is 2.00 bits per heavy atom. The highest BCUT2D eigenvalue weighted by Crippen LogP contribution is 2.17. The number of nitrogens with zero attached hydrogens (tertiary/aromatic N) is 2. The number of benzene rings is 1. The van der Waals surface area contributed by atoms with Crippen LogP contribution >= 0.6 is 0 Å². The van der Waals surface area contributed by atoms with Crippen molar-refractivity contribution in [3.05, 3.63) is 29.8 Å². The van der Waals surface area contributed by atoms with E-state index in [-0.39, 0.29) is 6.01 Å². The Morgan fingerprint density at radius 1 is 1.29 bits per heavy atom. The normalized spacial score (nSPS) is 10.1. The van der Waals surface area contributed by atoms with Crippen LogP contribution in [0.25, 0.3) is 11.4 Å². The van der Waals surface area contributed by atoms with Crippen molar-refractivity contribution in [1.82, 2.24) is 10.1 Å². The molecule has 0 amide bonds. The second kappa shape index (κ2) is 3.47. The summed E-state index contributed by atoms with van der Waals surface area (Å²) in [6.45, 7) is 2.02. The number of nitrogens with two attached hydrogens (primary N) is 1. The third-order valence-corrected chi connectivity index (χ3v) is 1.86. The van der Waals surface area contributed by atoms with E-state index in [4.69, 9.17) is 10.4 Å². The smallest absolute Gasteiger partial charge is 0.314 e. The van der Waals surface area contributed by atoms with Crippen molar-refractivity contribution in [2.45, 2.75) is 6.92 Å². The van der Waals surface area contributed by atoms with Crippen LogP contribution < -0.4 is 11.3 Å². The van der Waals surface area contributed by atoms with Crippen LogP contribution in [0.5, 0.6) is 0 Å². The number of nitrogens with one attached hydrogen (secondary N) is 1. The van der Waals surface area contributed by atoms with Crippen LogP contribution in [0.15, 0.2) is 28.8 Å². The molecule has 2 rings (SSSR count). The van der Waals surface area contributed by atoms with Gasteiger partial charge in [0.1, 0.15) is 0 Å². The summed E-state index contributed by atoms with van der Waals surface area (Å²) < 4.78 is 4.80. The van der Waals surface area contributed by atoms with Gasteiger partial charge in [-0.25, -0.2) is 5.84 Å². The molecule has 0 radical (unpaired) electrons. The summed E-state index contributed by atoms with van der Waals surface area (Å²) >= 11 is 0. The largest absolute Gasteiger partial charge is 0.335 e. The van der Waals surface area contributed by atoms with Gasteiger partial charge in [-0.05, 0) is 6.92 Å². The van der Waals surface area contributed by atoms with E-state index in [0.29, 0.717) is 5.82 Å². The molecule has 0 aliphatic carbocycles. The maximum atomic E-state index is 5.12. The van der Waals surface area contributed by atoms with E-state index in [1.807, 2.05) is 31.2 Å². The molecule has 3 N–H and O–H groups in total. The summed E-state index contributed by atoms with van der Waals surface area (Å²) in [5.41, 5.74) is 4.38. The monoisotopic (exact) mass is 190 g/mol. The fourth-order valence-electron chi connectivity index (χ4n) is 1.10. The summed E-state index contributed by atoms with van der Waals surface area (Å²) in [6, 6.07) is 8.05. The first-order chi connectivity index (χ1) is 6.79. The van der Waals surface area contributed by atoms with Gasteiger partial charge in [0.2, 0.25) is 5.82 Å². The number of hydrogen-bond acceptors (Lipinski definition) is 5. The van der Waals surface area contributed by atoms with E-state index in [2.05, 4.69) is 15.6 Å². The van der Waals surface area contributed by atoms with Crippen LogP contribution in [0, 0.1) is 6.92 Å². The van der Waals surface area contributed by atoms with Gasteiger partial charge in [-0.1, -0.05) is 35.0 Å². The van der Waals surface area contributed by atoms with Crippen molar-refractivity contribution in [2.75, 3.05) is 5.43 Å². The highest BCUT2D eigenvalue weighted by molar-refractivity contribution is 5.55. The maximum Gasteiger partial charge on any atom is 0.335 e. The number of hydrazine groups is 1. The number of aromatic nitrogens is 2. The molecule has 5 heteroatoms. The summed E-state index contributed by atoms with van der Waals surface area (Å²) in [5, 5.41) is 3.76. The second-order valence-electron chi connectivity index (χ2n) is 2.93. The molecule has 2 aromatic rings. The van der Waals surface area contributed by atoms with Crippen LogP contribution in [0.4, 0.5) is 6.01 Å². The molecule has 0 aliphatic heterocycles. The van der Waals surface area contributed by atoms with Gasteiger partial charge < -0.3 is 4.52 Å². The first kappa shape index (κ1) is 8.71. The molecule has 5 nitrogen and oxygen atoms in total. The van der Waals surface area contributed by atoms with Gasteiger partial charge in [-0.2, -0.15) is 4.98 Å². The van der Waals surface area contributed by atoms with Gasteiger partial charge in [-0.15, -0.1) is 0 Å². The maximum absolute atomic E-state index is 5.12. The fraction of sp³-hybridized carbons (Fsp3) is 0.111. The van der Waals surface area contributed by atoms with Crippen molar-refractivity contribution in [2.24, 2.45) is 5.84 Å². The highest BCUT2D eigenvalue weighted by atomic mass is 16.5. The minimum absolute atomic E-state index is 0.209. The van der Waals surface area contributed by atoms with Gasteiger partial charge in [0, 0.05) is 5.56 Å². The Morgan fingerprint density at radius 3 is 2.57 bits per heavy atom. The van der Waals surface area contributed by atoms with Crippen LogP contribution in [0.1, 0.15) is 5.56 Å². The summed E-state index contributed by atoms with van der Waals surface area (Å²) in [4.78, 5) is 4.01. The Balaban J connectivity index is 2.34. The molecule has 72 valence electrons. The van der Waals surface area contributed by atoms with E-state index in [1.165, 1.54) is 5.56 Å². The van der Waals surface area contributed by atoms with E-state index in [0.717, 1.165) is 5.56 Å². The highest BCUT2D eigenvalue weighted by Gasteiger charge is 2.06. The molecule has 0 saturated carbocycles. The van der Waals surface area contributed by atoms with Gasteiger partial charge in [0.05, 0.1) is 0 Å². The lowest BCUT2D eigenvalue weighted by atomic mass is 10.1. The van der Waals surface area contributed by atoms with Gasteiger partial charge in [0.25, 0.3) is 0 Å². The summed E-state index contributed by atoms with van der Waals surface area (Å²) in [7, 11) is 0. The van der Waals surface area contributed by atoms with Gasteiger partial charge in [0.15, 0.2) is 0 Å². The summed E-state index contributed by atoms with van der Waals surface area (Å²) in [5.74, 6) is 5.64. The van der Waals surface area contributed by atoms with Crippen molar-refractivity contribution < 1.29 is 4.52 Å². The standard InChI is InChI=1S/C9H10N4O/c1-6-2-4-7(5-3-6)8-11-9(12-10)14-13-8/h2-5H,10H2,1H3,(H,11,12,13). The Labute approximate surface area is 80.9 Å². The van der Waals surface area contributed by atoms with Crippen LogP contribution in [-0.2, 0) is 0 Å². The molecule has 0 saturated heterocycles. The van der Waals surface area contributed by atoms with E-state index < -0.39 is 0 Å². The van der Waals surface area contributed by atoms with Crippen molar-refractivity contribution in [3.63, 3.8) is 0 Å². The lowest BCUT2D eigenvalue weighted by Crippen LogP contribution is -2.06. The molecule has 14 heavy (non-hydrogen) atoms. The number of rotatable bonds is 2. The fourth-order valence-corrected chi connectivity index (χ4v) is 1.10. The van der Waals surface area contributed by atoms with Crippen LogP contribution in [-0.4, -0.2) is 10.1 Å². The SMILES string of the molecule is Cc1ccc(-c2noc(NN)n2)cc1. The number of anilines is 1. The molecule has 0 bridgehead atoms. The minimum Gasteiger partial charge on any atom is -0.314 e. The molecular weight excluding hydrogens is 180 g/mol. The number of hydrogen-bond donors (Lipinski definition) is 2. The van der Waals surface area contributed by atoms with E-state index >= 15 is 0 Å². The van der Waals surface area contributed by atoms with E-state index in [9.17, 15) is 0 Å². The third-order valence-electron chi connectivity index (χ3n) is 1.86. The average molecular weight is 190 g/mol. The van der Waals surface area contributed by atoms with Crippen molar-refractivity contribution in [3.8, 4) is 11.4 Å². The molecule has 0 atom stereocenters. The zero-order valence-corrected chi connectivity index (χ0v) is 7.69. The van der Waals surface area contributed by atoms with Crippen molar-refractivity contribution in [1.29, 1.82) is 0 Å². The molecule has 1 aromatic carbocycles. The predicted octanol–water partition coefficient (Wildman–Crippen LogP) is 1.33. The zero-order valence-electron chi connectivity index (χ0n) is 7.69.